The molecule has 0 aliphatic heterocycles. The third-order valence-electron chi connectivity index (χ3n) is 2.40. The number of rotatable bonds is 5. The Morgan fingerprint density at radius 3 is 3.00 bits per heavy atom. The first-order valence-corrected chi connectivity index (χ1v) is 5.57. The molecule has 0 spiro atoms. The van der Waals surface area contributed by atoms with E-state index in [1.807, 2.05) is 31.0 Å². The van der Waals surface area contributed by atoms with Crippen LogP contribution in [0.2, 0.25) is 0 Å². The maximum Gasteiger partial charge on any atom is 0.134 e. The van der Waals surface area contributed by atoms with Gasteiger partial charge in [0.1, 0.15) is 18.0 Å². The quantitative estimate of drug-likeness (QED) is 0.856. The second-order valence-corrected chi connectivity index (χ2v) is 3.78. The van der Waals surface area contributed by atoms with Crippen molar-refractivity contribution in [3.8, 4) is 0 Å². The summed E-state index contributed by atoms with van der Waals surface area (Å²) >= 11 is 0. The Balaban J connectivity index is 2.07. The zero-order chi connectivity index (χ0) is 12.1. The Morgan fingerprint density at radius 1 is 1.41 bits per heavy atom. The molecule has 2 aromatic rings. The number of anilines is 2. The minimum atomic E-state index is 0.763. The molecule has 5 nitrogen and oxygen atoms in total. The molecule has 0 unspecified atom stereocenters. The SMILES string of the molecule is CCNc1cc(N(C)Cc2ccoc2)ncn1. The standard InChI is InChI=1S/C12H16N4O/c1-3-13-11-6-12(15-9-14-11)16(2)7-10-4-5-17-8-10/h4-6,8-9H,3,7H2,1-2H3,(H,13,14,15). The maximum atomic E-state index is 5.04. The van der Waals surface area contributed by atoms with E-state index in [0.717, 1.165) is 30.3 Å². The molecule has 17 heavy (non-hydrogen) atoms. The van der Waals surface area contributed by atoms with Gasteiger partial charge in [0, 0.05) is 31.8 Å². The lowest BCUT2D eigenvalue weighted by Gasteiger charge is -2.17. The average molecular weight is 232 g/mol. The van der Waals surface area contributed by atoms with Crippen molar-refractivity contribution in [2.75, 3.05) is 23.8 Å². The number of nitrogens with zero attached hydrogens (tertiary/aromatic N) is 3. The molecule has 0 bridgehead atoms. The summed E-state index contributed by atoms with van der Waals surface area (Å²) < 4.78 is 5.04. The van der Waals surface area contributed by atoms with Gasteiger partial charge < -0.3 is 14.6 Å². The van der Waals surface area contributed by atoms with Gasteiger partial charge in [-0.15, -0.1) is 0 Å². The van der Waals surface area contributed by atoms with Crippen LogP contribution in [0.1, 0.15) is 12.5 Å². The van der Waals surface area contributed by atoms with E-state index in [4.69, 9.17) is 4.42 Å². The van der Waals surface area contributed by atoms with Crippen LogP contribution >= 0.6 is 0 Å². The van der Waals surface area contributed by atoms with Crippen molar-refractivity contribution in [1.29, 1.82) is 0 Å². The van der Waals surface area contributed by atoms with Gasteiger partial charge in [0.15, 0.2) is 0 Å². The zero-order valence-corrected chi connectivity index (χ0v) is 10.1. The van der Waals surface area contributed by atoms with Crippen molar-refractivity contribution in [3.63, 3.8) is 0 Å². The fourth-order valence-corrected chi connectivity index (χ4v) is 1.57. The first kappa shape index (κ1) is 11.4. The lowest BCUT2D eigenvalue weighted by molar-refractivity contribution is 0.563. The normalized spacial score (nSPS) is 10.2. The third-order valence-corrected chi connectivity index (χ3v) is 2.40. The van der Waals surface area contributed by atoms with Crippen molar-refractivity contribution < 1.29 is 4.42 Å². The lowest BCUT2D eigenvalue weighted by atomic mass is 10.3. The van der Waals surface area contributed by atoms with Gasteiger partial charge in [-0.05, 0) is 13.0 Å². The molecule has 1 N–H and O–H groups in total. The van der Waals surface area contributed by atoms with Gasteiger partial charge in [-0.25, -0.2) is 9.97 Å². The van der Waals surface area contributed by atoms with Gasteiger partial charge in [-0.3, -0.25) is 0 Å². The number of aromatic nitrogens is 2. The first-order valence-electron chi connectivity index (χ1n) is 5.57. The van der Waals surface area contributed by atoms with Gasteiger partial charge in [0.25, 0.3) is 0 Å². The predicted octanol–water partition coefficient (Wildman–Crippen LogP) is 2.14. The molecule has 90 valence electrons. The molecule has 2 rings (SSSR count). The van der Waals surface area contributed by atoms with Gasteiger partial charge in [0.05, 0.1) is 12.5 Å². The van der Waals surface area contributed by atoms with Crippen LogP contribution in [-0.4, -0.2) is 23.6 Å². The van der Waals surface area contributed by atoms with E-state index in [9.17, 15) is 0 Å². The van der Waals surface area contributed by atoms with Crippen LogP contribution in [0.15, 0.2) is 35.4 Å². The Labute approximate surface area is 100 Å². The first-order chi connectivity index (χ1) is 8.29. The number of hydrogen-bond donors (Lipinski definition) is 1. The summed E-state index contributed by atoms with van der Waals surface area (Å²) in [6.45, 7) is 3.65. The van der Waals surface area contributed by atoms with Crippen molar-refractivity contribution in [2.45, 2.75) is 13.5 Å². The second kappa shape index (κ2) is 5.34. The Kier molecular flexibility index (Phi) is 3.59. The van der Waals surface area contributed by atoms with E-state index < -0.39 is 0 Å². The molecule has 2 aromatic heterocycles. The third kappa shape index (κ3) is 2.96. The van der Waals surface area contributed by atoms with Crippen LogP contribution in [0, 0.1) is 0 Å². The van der Waals surface area contributed by atoms with E-state index in [-0.39, 0.29) is 0 Å². The molecular weight excluding hydrogens is 216 g/mol. The molecule has 0 saturated carbocycles. The Bertz CT molecular complexity index is 455. The summed E-state index contributed by atoms with van der Waals surface area (Å²) in [5, 5.41) is 3.17. The molecule has 0 atom stereocenters. The van der Waals surface area contributed by atoms with E-state index in [2.05, 4.69) is 15.3 Å². The molecule has 0 aliphatic rings. The Hall–Kier alpha value is -2.04. The summed E-state index contributed by atoms with van der Waals surface area (Å²) in [6, 6.07) is 3.88. The second-order valence-electron chi connectivity index (χ2n) is 3.78. The molecule has 0 radical (unpaired) electrons. The van der Waals surface area contributed by atoms with Crippen LogP contribution in [-0.2, 0) is 6.54 Å². The lowest BCUT2D eigenvalue weighted by Crippen LogP contribution is -2.17. The van der Waals surface area contributed by atoms with Crippen LogP contribution in [0.25, 0.3) is 0 Å². The summed E-state index contributed by atoms with van der Waals surface area (Å²) in [4.78, 5) is 10.4. The highest BCUT2D eigenvalue weighted by Crippen LogP contribution is 2.15. The van der Waals surface area contributed by atoms with Crippen molar-refractivity contribution in [1.82, 2.24) is 9.97 Å². The molecule has 0 aliphatic carbocycles. The van der Waals surface area contributed by atoms with Crippen molar-refractivity contribution in [3.05, 3.63) is 36.5 Å². The van der Waals surface area contributed by atoms with Crippen molar-refractivity contribution in [2.24, 2.45) is 0 Å². The van der Waals surface area contributed by atoms with Gasteiger partial charge in [-0.2, -0.15) is 0 Å². The fourth-order valence-electron chi connectivity index (χ4n) is 1.57. The summed E-state index contributed by atoms with van der Waals surface area (Å²) in [5.74, 6) is 1.73. The molecule has 5 heteroatoms. The maximum absolute atomic E-state index is 5.04. The monoisotopic (exact) mass is 232 g/mol. The largest absolute Gasteiger partial charge is 0.472 e. The topological polar surface area (TPSA) is 54.2 Å². The number of hydrogen-bond acceptors (Lipinski definition) is 5. The molecule has 0 fully saturated rings. The van der Waals surface area contributed by atoms with E-state index in [1.54, 1.807) is 18.9 Å². The van der Waals surface area contributed by atoms with Crippen LogP contribution in [0.3, 0.4) is 0 Å². The number of nitrogens with one attached hydrogen (secondary N) is 1. The molecule has 0 amide bonds. The minimum Gasteiger partial charge on any atom is -0.472 e. The van der Waals surface area contributed by atoms with Gasteiger partial charge in [0.2, 0.25) is 0 Å². The smallest absolute Gasteiger partial charge is 0.134 e. The van der Waals surface area contributed by atoms with Crippen LogP contribution in [0.4, 0.5) is 11.6 Å². The summed E-state index contributed by atoms with van der Waals surface area (Å²) in [6.07, 6.45) is 4.98. The fraction of sp³-hybridized carbons (Fsp3) is 0.333. The van der Waals surface area contributed by atoms with E-state index in [1.165, 1.54) is 0 Å². The molecular formula is C12H16N4O. The van der Waals surface area contributed by atoms with E-state index >= 15 is 0 Å². The van der Waals surface area contributed by atoms with Crippen molar-refractivity contribution >= 4 is 11.6 Å². The average Bonchev–Trinajstić information content (AvgIpc) is 2.83. The highest BCUT2D eigenvalue weighted by Gasteiger charge is 2.05. The number of furan rings is 1. The van der Waals surface area contributed by atoms with Gasteiger partial charge in [-0.1, -0.05) is 0 Å². The summed E-state index contributed by atoms with van der Waals surface area (Å²) in [7, 11) is 1.99. The molecule has 0 aromatic carbocycles. The van der Waals surface area contributed by atoms with E-state index in [0.29, 0.717) is 0 Å². The predicted molar refractivity (Wildman–Crippen MR) is 67.0 cm³/mol. The van der Waals surface area contributed by atoms with Crippen LogP contribution < -0.4 is 10.2 Å². The Morgan fingerprint density at radius 2 is 2.29 bits per heavy atom. The highest BCUT2D eigenvalue weighted by molar-refractivity contribution is 5.48. The summed E-state index contributed by atoms with van der Waals surface area (Å²) in [5.41, 5.74) is 1.12. The molecule has 2 heterocycles. The zero-order valence-electron chi connectivity index (χ0n) is 10.1. The highest BCUT2D eigenvalue weighted by atomic mass is 16.3. The molecule has 0 saturated heterocycles. The minimum absolute atomic E-state index is 0.763. The van der Waals surface area contributed by atoms with Crippen LogP contribution in [0.5, 0.6) is 0 Å². The van der Waals surface area contributed by atoms with Gasteiger partial charge >= 0.3 is 0 Å².